The van der Waals surface area contributed by atoms with Crippen LogP contribution >= 0.6 is 11.3 Å². The number of rotatable bonds is 6. The van der Waals surface area contributed by atoms with Gasteiger partial charge in [-0.15, -0.1) is 11.3 Å². The van der Waals surface area contributed by atoms with E-state index in [0.717, 1.165) is 16.3 Å². The number of carbonyl (C=O) groups excluding carboxylic acids is 2. The van der Waals surface area contributed by atoms with Crippen LogP contribution in [-0.4, -0.2) is 43.3 Å². The fraction of sp³-hybridized carbons (Fsp3) is 0.227. The van der Waals surface area contributed by atoms with Crippen LogP contribution < -0.4 is 4.90 Å². The van der Waals surface area contributed by atoms with Crippen LogP contribution in [0.2, 0.25) is 0 Å². The molecule has 0 bridgehead atoms. The van der Waals surface area contributed by atoms with Crippen molar-refractivity contribution in [3.8, 4) is 0 Å². The van der Waals surface area contributed by atoms with Gasteiger partial charge >= 0.3 is 5.97 Å². The number of hydrazone groups is 1. The van der Waals surface area contributed by atoms with E-state index in [1.807, 2.05) is 48.6 Å². The number of anilines is 1. The molecule has 2 aromatic heterocycles. The van der Waals surface area contributed by atoms with E-state index in [2.05, 4.69) is 5.10 Å². The first-order valence-electron chi connectivity index (χ1n) is 9.44. The Bertz CT molecular complexity index is 1060. The van der Waals surface area contributed by atoms with E-state index in [0.29, 0.717) is 17.7 Å². The first-order valence-corrected chi connectivity index (χ1v) is 10.3. The topological polar surface area (TPSA) is 75.3 Å². The molecule has 1 aromatic carbocycles. The zero-order valence-electron chi connectivity index (χ0n) is 16.6. The number of amides is 1. The molecule has 0 N–H and O–H groups in total. The normalized spacial score (nSPS) is 15.7. The monoisotopic (exact) mass is 423 g/mol. The van der Waals surface area contributed by atoms with Crippen LogP contribution in [0.25, 0.3) is 0 Å². The van der Waals surface area contributed by atoms with Gasteiger partial charge in [-0.25, -0.2) is 9.80 Å². The predicted octanol–water partition coefficient (Wildman–Crippen LogP) is 3.94. The van der Waals surface area contributed by atoms with Gasteiger partial charge in [-0.3, -0.25) is 4.79 Å². The minimum absolute atomic E-state index is 0.361. The molecule has 0 saturated carbocycles. The number of esters is 1. The average Bonchev–Trinajstić information content (AvgIpc) is 3.52. The minimum Gasteiger partial charge on any atom is -0.467 e. The molecule has 7 nitrogen and oxygen atoms in total. The predicted molar refractivity (Wildman–Crippen MR) is 115 cm³/mol. The smallest absolute Gasteiger partial charge is 0.338 e. The lowest BCUT2D eigenvalue weighted by molar-refractivity contribution is -0.136. The lowest BCUT2D eigenvalue weighted by Crippen LogP contribution is -2.31. The Balaban J connectivity index is 1.48. The number of nitrogens with zero attached hydrogens (tertiary/aromatic N) is 3. The molecular formula is C22H21N3O4S. The van der Waals surface area contributed by atoms with Crippen molar-refractivity contribution in [3.05, 3.63) is 76.4 Å². The molecule has 1 atom stereocenters. The zero-order valence-corrected chi connectivity index (χ0v) is 17.5. The van der Waals surface area contributed by atoms with Gasteiger partial charge in [0.2, 0.25) is 0 Å². The molecule has 154 valence electrons. The SMILES string of the molecule is CN(C)c1cccc(C(=O)OCC(=O)N2N=C(c3cccs3)CC2c2ccco2)c1. The molecule has 0 spiro atoms. The van der Waals surface area contributed by atoms with Gasteiger partial charge in [-0.05, 0) is 41.8 Å². The largest absolute Gasteiger partial charge is 0.467 e. The van der Waals surface area contributed by atoms with Crippen LogP contribution in [-0.2, 0) is 9.53 Å². The first-order chi connectivity index (χ1) is 14.5. The Morgan fingerprint density at radius 3 is 2.80 bits per heavy atom. The summed E-state index contributed by atoms with van der Waals surface area (Å²) in [4.78, 5) is 28.2. The fourth-order valence-electron chi connectivity index (χ4n) is 3.22. The van der Waals surface area contributed by atoms with Crippen molar-refractivity contribution in [3.63, 3.8) is 0 Å². The molecule has 3 aromatic rings. The van der Waals surface area contributed by atoms with Gasteiger partial charge in [0.15, 0.2) is 6.61 Å². The second-order valence-corrected chi connectivity index (χ2v) is 7.97. The highest BCUT2D eigenvalue weighted by Crippen LogP contribution is 2.34. The number of hydrogen-bond donors (Lipinski definition) is 0. The van der Waals surface area contributed by atoms with Crippen molar-refractivity contribution >= 4 is 34.6 Å². The molecule has 3 heterocycles. The van der Waals surface area contributed by atoms with E-state index >= 15 is 0 Å². The second kappa shape index (κ2) is 8.54. The van der Waals surface area contributed by atoms with Crippen molar-refractivity contribution in [1.82, 2.24) is 5.01 Å². The molecular weight excluding hydrogens is 402 g/mol. The molecule has 1 unspecified atom stereocenters. The zero-order chi connectivity index (χ0) is 21.1. The van der Waals surface area contributed by atoms with Crippen molar-refractivity contribution in [1.29, 1.82) is 0 Å². The van der Waals surface area contributed by atoms with Crippen molar-refractivity contribution in [2.45, 2.75) is 12.5 Å². The number of hydrogen-bond acceptors (Lipinski definition) is 7. The van der Waals surface area contributed by atoms with E-state index < -0.39 is 18.5 Å². The summed E-state index contributed by atoms with van der Waals surface area (Å²) in [5, 5.41) is 7.83. The highest BCUT2D eigenvalue weighted by atomic mass is 32.1. The molecule has 0 saturated heterocycles. The van der Waals surface area contributed by atoms with Gasteiger partial charge in [0.25, 0.3) is 5.91 Å². The second-order valence-electron chi connectivity index (χ2n) is 7.02. The number of furan rings is 1. The first kappa shape index (κ1) is 19.9. The van der Waals surface area contributed by atoms with Crippen LogP contribution in [0.3, 0.4) is 0 Å². The maximum absolute atomic E-state index is 12.9. The van der Waals surface area contributed by atoms with Gasteiger partial charge in [0, 0.05) is 26.2 Å². The molecule has 0 radical (unpaired) electrons. The van der Waals surface area contributed by atoms with Gasteiger partial charge < -0.3 is 14.1 Å². The minimum atomic E-state index is -0.553. The van der Waals surface area contributed by atoms with Crippen LogP contribution in [0.15, 0.2) is 69.7 Å². The lowest BCUT2D eigenvalue weighted by Gasteiger charge is -2.19. The quantitative estimate of drug-likeness (QED) is 0.562. The van der Waals surface area contributed by atoms with E-state index in [-0.39, 0.29) is 6.04 Å². The summed E-state index contributed by atoms with van der Waals surface area (Å²) < 4.78 is 10.8. The molecule has 4 rings (SSSR count). The van der Waals surface area contributed by atoms with Crippen molar-refractivity contribution < 1.29 is 18.7 Å². The number of thiophene rings is 1. The van der Waals surface area contributed by atoms with Crippen LogP contribution in [0, 0.1) is 0 Å². The maximum Gasteiger partial charge on any atom is 0.338 e. The molecule has 1 aliphatic heterocycles. The molecule has 8 heteroatoms. The van der Waals surface area contributed by atoms with Crippen molar-refractivity contribution in [2.24, 2.45) is 5.10 Å². The van der Waals surface area contributed by atoms with Gasteiger partial charge in [-0.1, -0.05) is 12.1 Å². The lowest BCUT2D eigenvalue weighted by atomic mass is 10.1. The van der Waals surface area contributed by atoms with Gasteiger partial charge in [0.05, 0.1) is 22.4 Å². The third-order valence-corrected chi connectivity index (χ3v) is 5.69. The van der Waals surface area contributed by atoms with E-state index in [9.17, 15) is 9.59 Å². The van der Waals surface area contributed by atoms with Crippen molar-refractivity contribution in [2.75, 3.05) is 25.6 Å². The Hall–Kier alpha value is -3.39. The molecule has 1 amide bonds. The summed E-state index contributed by atoms with van der Waals surface area (Å²) in [6, 6.07) is 14.2. The van der Waals surface area contributed by atoms with E-state index in [4.69, 9.17) is 9.15 Å². The maximum atomic E-state index is 12.9. The third kappa shape index (κ3) is 4.13. The van der Waals surface area contributed by atoms with Gasteiger partial charge in [0.1, 0.15) is 11.8 Å². The highest BCUT2D eigenvalue weighted by Gasteiger charge is 2.35. The Morgan fingerprint density at radius 1 is 1.23 bits per heavy atom. The molecule has 30 heavy (non-hydrogen) atoms. The van der Waals surface area contributed by atoms with Crippen LogP contribution in [0.5, 0.6) is 0 Å². The third-order valence-electron chi connectivity index (χ3n) is 4.77. The Morgan fingerprint density at radius 2 is 2.10 bits per heavy atom. The summed E-state index contributed by atoms with van der Waals surface area (Å²) in [6.45, 7) is -0.399. The van der Waals surface area contributed by atoms with E-state index in [1.54, 1.807) is 41.9 Å². The molecule has 1 aliphatic rings. The van der Waals surface area contributed by atoms with Gasteiger partial charge in [-0.2, -0.15) is 5.10 Å². The van der Waals surface area contributed by atoms with Crippen LogP contribution in [0.1, 0.15) is 33.5 Å². The molecule has 0 fully saturated rings. The number of benzene rings is 1. The summed E-state index contributed by atoms with van der Waals surface area (Å²) in [6.07, 6.45) is 2.11. The summed E-state index contributed by atoms with van der Waals surface area (Å²) >= 11 is 1.56. The summed E-state index contributed by atoms with van der Waals surface area (Å²) in [7, 11) is 3.78. The fourth-order valence-corrected chi connectivity index (χ4v) is 3.94. The summed E-state index contributed by atoms with van der Waals surface area (Å²) in [5.74, 6) is -0.313. The Kier molecular flexibility index (Phi) is 5.67. The standard InChI is InChI=1S/C22H21N3O4S/c1-24(2)16-7-3-6-15(12-16)22(27)29-14-21(26)25-18(19-8-4-10-28-19)13-17(23-25)20-9-5-11-30-20/h3-12,18H,13-14H2,1-2H3. The average molecular weight is 423 g/mol. The van der Waals surface area contributed by atoms with E-state index in [1.165, 1.54) is 5.01 Å². The number of ether oxygens (including phenoxy) is 1. The summed E-state index contributed by atoms with van der Waals surface area (Å²) in [5.41, 5.74) is 2.07. The Labute approximate surface area is 178 Å². The molecule has 0 aliphatic carbocycles. The highest BCUT2D eigenvalue weighted by molar-refractivity contribution is 7.12. The van der Waals surface area contributed by atoms with Crippen LogP contribution in [0.4, 0.5) is 5.69 Å². The number of carbonyl (C=O) groups is 2.